The molecule has 5 rings (SSSR count). The zero-order valence-corrected chi connectivity index (χ0v) is 46.9. The van der Waals surface area contributed by atoms with Crippen molar-refractivity contribution in [2.75, 3.05) is 80.4 Å². The molecule has 22 heteroatoms. The van der Waals surface area contributed by atoms with Crippen molar-refractivity contribution in [1.29, 1.82) is 0 Å². The van der Waals surface area contributed by atoms with Crippen molar-refractivity contribution in [3.05, 3.63) is 0 Å². The number of carbonyl (C=O) groups is 4. The number of ketones is 1. The number of methoxy groups -OCH3 is 2. The minimum absolute atomic E-state index is 0.0607. The SMILES string of the molecule is CC[C@H]1OC(=O)[C@H](C)[C@@H](O[C@H]2C[C@@](C)(OC)[C@@]3(CN(CCN(CC)CC)C(=O)O3)[C@H](C)O2)[C@H](C)[C@@H](O[C@@H]2O[C@H](C)C[C@H](N(C)C)[C@H]2O)[C@@](C)(OC)C[C@@H](C)C(=O)[C@H](C)[C@H]2N(CCNS(C)(=O)=O)C(=O)O[C@]12C. The minimum Gasteiger partial charge on any atom is -0.458 e. The van der Waals surface area contributed by atoms with Crippen molar-refractivity contribution < 1.29 is 75.3 Å². The molecule has 0 bridgehead atoms. The third-order valence-corrected chi connectivity index (χ3v) is 17.5. The molecule has 5 aliphatic heterocycles. The fraction of sp³-hybridized carbons (Fsp3) is 0.920. The predicted octanol–water partition coefficient (Wildman–Crippen LogP) is 3.63. The highest BCUT2D eigenvalue weighted by Crippen LogP contribution is 2.49. The summed E-state index contributed by atoms with van der Waals surface area (Å²) in [7, 11) is 3.17. The van der Waals surface area contributed by atoms with Gasteiger partial charge in [-0.3, -0.25) is 14.5 Å². The van der Waals surface area contributed by atoms with E-state index in [0.29, 0.717) is 19.5 Å². The number of nitrogens with zero attached hydrogens (tertiary/aromatic N) is 4. The number of likely N-dealkylation sites (N-methyl/N-ethyl adjacent to an activating group) is 2. The van der Waals surface area contributed by atoms with Crippen LogP contribution in [0.2, 0.25) is 0 Å². The number of ether oxygens (including phenoxy) is 9. The van der Waals surface area contributed by atoms with Gasteiger partial charge in [-0.25, -0.2) is 22.7 Å². The summed E-state index contributed by atoms with van der Waals surface area (Å²) in [5.41, 5.74) is -5.32. The smallest absolute Gasteiger partial charge is 0.410 e. The highest BCUT2D eigenvalue weighted by molar-refractivity contribution is 7.88. The molecule has 1 spiro atoms. The fourth-order valence-electron chi connectivity index (χ4n) is 12.3. The summed E-state index contributed by atoms with van der Waals surface area (Å²) in [5, 5.41) is 11.9. The van der Waals surface area contributed by atoms with Crippen LogP contribution in [0.1, 0.15) is 109 Å². The molecule has 0 aromatic rings. The van der Waals surface area contributed by atoms with Crippen molar-refractivity contribution in [1.82, 2.24) is 24.3 Å². The zero-order chi connectivity index (χ0) is 54.1. The van der Waals surface area contributed by atoms with E-state index in [0.717, 1.165) is 19.3 Å². The lowest BCUT2D eigenvalue weighted by molar-refractivity contribution is -0.331. The van der Waals surface area contributed by atoms with E-state index in [1.165, 1.54) is 12.0 Å². The van der Waals surface area contributed by atoms with Crippen LogP contribution in [0.15, 0.2) is 0 Å². The molecule has 0 unspecified atom stereocenters. The lowest BCUT2D eigenvalue weighted by atomic mass is 9.73. The number of fused-ring (bicyclic) bond motifs is 1. The number of rotatable bonds is 17. The first kappa shape index (κ1) is 60.1. The van der Waals surface area contributed by atoms with Gasteiger partial charge in [-0.15, -0.1) is 0 Å². The van der Waals surface area contributed by atoms with E-state index in [4.69, 9.17) is 42.6 Å². The molecule has 21 nitrogen and oxygen atoms in total. The largest absolute Gasteiger partial charge is 0.458 e. The molecule has 416 valence electrons. The summed E-state index contributed by atoms with van der Waals surface area (Å²) in [6, 6.07) is -1.35. The highest BCUT2D eigenvalue weighted by atomic mass is 32.2. The van der Waals surface area contributed by atoms with E-state index in [1.807, 2.05) is 53.6 Å². The van der Waals surface area contributed by atoms with Crippen LogP contribution in [0.5, 0.6) is 0 Å². The molecule has 5 saturated heterocycles. The summed E-state index contributed by atoms with van der Waals surface area (Å²) in [5.74, 6) is -4.54. The van der Waals surface area contributed by atoms with E-state index in [-0.39, 0.29) is 56.8 Å². The van der Waals surface area contributed by atoms with Gasteiger partial charge in [0.25, 0.3) is 0 Å². The lowest BCUT2D eigenvalue weighted by Gasteiger charge is -2.53. The molecule has 0 aliphatic carbocycles. The molecule has 0 radical (unpaired) electrons. The Kier molecular flexibility index (Phi) is 19.7. The Hall–Kier alpha value is -2.77. The summed E-state index contributed by atoms with van der Waals surface area (Å²) >= 11 is 0. The number of carbonyl (C=O) groups excluding carboxylic acids is 4. The van der Waals surface area contributed by atoms with E-state index in [2.05, 4.69) is 23.5 Å². The van der Waals surface area contributed by atoms with Gasteiger partial charge in [0, 0.05) is 70.6 Å². The molecule has 2 N–H and O–H groups in total. The van der Waals surface area contributed by atoms with Gasteiger partial charge in [0.2, 0.25) is 10.0 Å². The number of Topliss-reactive ketones (excluding diaryl/α,β-unsaturated/α-hetero) is 1. The average Bonchev–Trinajstić information content (AvgIpc) is 3.79. The first-order chi connectivity index (χ1) is 33.5. The molecule has 5 heterocycles. The summed E-state index contributed by atoms with van der Waals surface area (Å²) < 4.78 is 85.6. The maximum Gasteiger partial charge on any atom is 0.410 e. The van der Waals surface area contributed by atoms with Crippen LogP contribution in [0.25, 0.3) is 0 Å². The molecule has 0 aromatic heterocycles. The summed E-state index contributed by atoms with van der Waals surface area (Å²) in [6.45, 7) is 24.6. The molecule has 72 heavy (non-hydrogen) atoms. The second-order valence-corrected chi connectivity index (χ2v) is 23.8. The Labute approximate surface area is 428 Å². The van der Waals surface area contributed by atoms with E-state index in [1.54, 1.807) is 46.6 Å². The quantitative estimate of drug-likeness (QED) is 0.157. The van der Waals surface area contributed by atoms with Gasteiger partial charge in [-0.1, -0.05) is 41.5 Å². The topological polar surface area (TPSA) is 231 Å². The van der Waals surface area contributed by atoms with E-state index in [9.17, 15) is 23.1 Å². The van der Waals surface area contributed by atoms with Crippen LogP contribution in [-0.2, 0) is 62.2 Å². The molecule has 18 atom stereocenters. The number of cyclic esters (lactones) is 1. The van der Waals surface area contributed by atoms with Gasteiger partial charge in [-0.05, 0) is 88.0 Å². The first-order valence-electron chi connectivity index (χ1n) is 26.0. The van der Waals surface area contributed by atoms with Crippen LogP contribution in [0.4, 0.5) is 9.59 Å². The number of hydrogen-bond acceptors (Lipinski definition) is 18. The average molecular weight is 1050 g/mol. The lowest BCUT2D eigenvalue weighted by Crippen LogP contribution is -2.68. The number of nitrogens with one attached hydrogen (secondary N) is 1. The normalized spacial score (nSPS) is 41.7. The Morgan fingerprint density at radius 1 is 0.861 bits per heavy atom. The van der Waals surface area contributed by atoms with Gasteiger partial charge in [0.05, 0.1) is 48.7 Å². The fourth-order valence-corrected chi connectivity index (χ4v) is 12.8. The number of hydrogen-bond donors (Lipinski definition) is 2. The maximum atomic E-state index is 15.1. The Bertz CT molecular complexity index is 2000. The molecule has 2 amide bonds. The van der Waals surface area contributed by atoms with Gasteiger partial charge in [0.15, 0.2) is 23.8 Å². The number of esters is 1. The van der Waals surface area contributed by atoms with Crippen molar-refractivity contribution in [2.45, 2.75) is 192 Å². The summed E-state index contributed by atoms with van der Waals surface area (Å²) in [4.78, 5) is 64.8. The molecular formula is C50H89N5O16S. The first-order valence-corrected chi connectivity index (χ1v) is 27.8. The van der Waals surface area contributed by atoms with Gasteiger partial charge >= 0.3 is 18.2 Å². The second kappa shape index (κ2) is 23.6. The van der Waals surface area contributed by atoms with Gasteiger partial charge in [-0.2, -0.15) is 0 Å². The molecule has 5 fully saturated rings. The van der Waals surface area contributed by atoms with Crippen LogP contribution < -0.4 is 4.72 Å². The summed E-state index contributed by atoms with van der Waals surface area (Å²) in [6.07, 6.45) is -7.13. The third kappa shape index (κ3) is 12.2. The van der Waals surface area contributed by atoms with Crippen LogP contribution >= 0.6 is 0 Å². The molecule has 5 aliphatic rings. The molecule has 0 saturated carbocycles. The van der Waals surface area contributed by atoms with Crippen LogP contribution in [0, 0.1) is 23.7 Å². The Balaban J connectivity index is 1.62. The third-order valence-electron chi connectivity index (χ3n) is 16.8. The van der Waals surface area contributed by atoms with E-state index >= 15 is 9.59 Å². The number of aliphatic hydroxyl groups is 1. The van der Waals surface area contributed by atoms with E-state index < -0.39 is 123 Å². The monoisotopic (exact) mass is 1050 g/mol. The van der Waals surface area contributed by atoms with Crippen molar-refractivity contribution >= 4 is 34.0 Å². The maximum absolute atomic E-state index is 15.1. The van der Waals surface area contributed by atoms with Crippen molar-refractivity contribution in [2.24, 2.45) is 23.7 Å². The van der Waals surface area contributed by atoms with Gasteiger partial charge in [0.1, 0.15) is 29.7 Å². The number of aliphatic hydroxyl groups excluding tert-OH is 1. The second-order valence-electron chi connectivity index (χ2n) is 21.9. The predicted molar refractivity (Wildman–Crippen MR) is 265 cm³/mol. The standard InChI is InChI=1S/C50H89N5O16S/c1-18-36-49(12)41(55(46(60)70-49)22-21-51-72(17,61)62)31(6)38(56)29(4)26-47(10,63-15)42(69-44-39(57)35(52(13)14)25-30(5)65-44)32(7)40(33(8)43(58)67-36)68-37-27-48(11,64-16)50(34(9)66-37)28-54(45(59)71-50)24-23-53(19-2)20-3/h29-37,39-42,44,51,57H,18-28H2,1-17H3/t29-,30-,31+,32+,33-,34+,35+,36-,37+,39-,40+,41-,42-,44+,47+,48-,49-,50-/m1/s1. The zero-order valence-electron chi connectivity index (χ0n) is 46.1. The molecule has 0 aromatic carbocycles. The van der Waals surface area contributed by atoms with Crippen LogP contribution in [-0.4, -0.2) is 221 Å². The Morgan fingerprint density at radius 3 is 2.08 bits per heavy atom. The van der Waals surface area contributed by atoms with Crippen molar-refractivity contribution in [3.8, 4) is 0 Å². The Morgan fingerprint density at radius 2 is 1.51 bits per heavy atom. The van der Waals surface area contributed by atoms with Gasteiger partial charge < -0.3 is 62.4 Å². The number of sulfonamides is 1. The van der Waals surface area contributed by atoms with Crippen LogP contribution in [0.3, 0.4) is 0 Å². The highest BCUT2D eigenvalue weighted by Gasteiger charge is 2.66. The molecular weight excluding hydrogens is 959 g/mol. The number of amides is 2. The minimum atomic E-state index is -3.64. The van der Waals surface area contributed by atoms with Crippen molar-refractivity contribution in [3.63, 3.8) is 0 Å².